The van der Waals surface area contributed by atoms with Crippen LogP contribution in [0.4, 0.5) is 5.69 Å². The number of anilines is 1. The maximum Gasteiger partial charge on any atom is 0.239 e. The number of aryl methyl sites for hydroxylation is 1. The van der Waals surface area contributed by atoms with E-state index >= 15 is 0 Å². The second kappa shape index (κ2) is 7.79. The summed E-state index contributed by atoms with van der Waals surface area (Å²) in [5.74, 6) is -0.200. The quantitative estimate of drug-likeness (QED) is 0.594. The van der Waals surface area contributed by atoms with Crippen LogP contribution in [-0.4, -0.2) is 39.2 Å². The van der Waals surface area contributed by atoms with E-state index in [4.69, 9.17) is 9.47 Å². The van der Waals surface area contributed by atoms with E-state index in [9.17, 15) is 9.59 Å². The number of rotatable bonds is 7. The van der Waals surface area contributed by atoms with Gasteiger partial charge in [-0.3, -0.25) is 9.59 Å². The molecule has 1 aromatic rings. The van der Waals surface area contributed by atoms with Gasteiger partial charge < -0.3 is 20.1 Å². The van der Waals surface area contributed by atoms with Gasteiger partial charge in [-0.2, -0.15) is 0 Å². The lowest BCUT2D eigenvalue weighted by atomic mass is 9.91. The largest absolute Gasteiger partial charge is 0.495 e. The van der Waals surface area contributed by atoms with E-state index in [1.54, 1.807) is 33.1 Å². The molecule has 6 nitrogen and oxygen atoms in total. The summed E-state index contributed by atoms with van der Waals surface area (Å²) in [6, 6.07) is 5.46. The lowest BCUT2D eigenvalue weighted by molar-refractivity contribution is -0.138. The van der Waals surface area contributed by atoms with Crippen LogP contribution in [0.25, 0.3) is 0 Å². The summed E-state index contributed by atoms with van der Waals surface area (Å²) < 4.78 is 10.1. The van der Waals surface area contributed by atoms with Gasteiger partial charge in [-0.25, -0.2) is 0 Å². The first-order chi connectivity index (χ1) is 10.3. The number of benzene rings is 1. The zero-order valence-electron chi connectivity index (χ0n) is 13.8. The Balaban J connectivity index is 2.82. The molecule has 122 valence electrons. The zero-order valence-corrected chi connectivity index (χ0v) is 13.8. The molecule has 0 aliphatic carbocycles. The molecule has 0 atom stereocenters. The molecule has 0 aliphatic heterocycles. The number of carbonyl (C=O) groups excluding carboxylic acids is 2. The number of hydrogen-bond donors (Lipinski definition) is 2. The molecule has 2 N–H and O–H groups in total. The van der Waals surface area contributed by atoms with Gasteiger partial charge in [-0.1, -0.05) is 6.07 Å². The molecule has 0 heterocycles. The van der Waals surface area contributed by atoms with Crippen molar-refractivity contribution in [2.75, 3.05) is 32.7 Å². The van der Waals surface area contributed by atoms with Crippen molar-refractivity contribution in [3.63, 3.8) is 0 Å². The number of methoxy groups -OCH3 is 2. The Kier molecular flexibility index (Phi) is 6.37. The molecule has 0 bridgehead atoms. The summed E-state index contributed by atoms with van der Waals surface area (Å²) in [6.45, 7) is 5.83. The molecule has 0 saturated heterocycles. The molecule has 6 heteroatoms. The maximum absolute atomic E-state index is 12.4. The first-order valence-electron chi connectivity index (χ1n) is 7.06. The Hall–Kier alpha value is -2.08. The van der Waals surface area contributed by atoms with E-state index in [1.807, 2.05) is 13.0 Å². The molecular formula is C16H24N2O4. The number of carbonyl (C=O) groups is 2. The Morgan fingerprint density at radius 3 is 2.45 bits per heavy atom. The molecule has 0 fully saturated rings. The zero-order chi connectivity index (χ0) is 16.8. The fourth-order valence-electron chi connectivity index (χ4n) is 1.79. The van der Waals surface area contributed by atoms with E-state index in [0.717, 1.165) is 5.56 Å². The molecule has 0 aliphatic rings. The molecule has 1 aromatic carbocycles. The van der Waals surface area contributed by atoms with Crippen LogP contribution in [0.5, 0.6) is 5.75 Å². The fourth-order valence-corrected chi connectivity index (χ4v) is 1.79. The van der Waals surface area contributed by atoms with E-state index in [0.29, 0.717) is 24.6 Å². The minimum absolute atomic E-state index is 0.353. The van der Waals surface area contributed by atoms with Crippen molar-refractivity contribution in [2.45, 2.75) is 20.8 Å². The molecule has 0 saturated carbocycles. The number of nitrogens with one attached hydrogen (secondary N) is 2. The average Bonchev–Trinajstić information content (AvgIpc) is 2.47. The molecule has 0 unspecified atom stereocenters. The van der Waals surface area contributed by atoms with Crippen LogP contribution in [0.15, 0.2) is 18.2 Å². The third-order valence-corrected chi connectivity index (χ3v) is 3.33. The summed E-state index contributed by atoms with van der Waals surface area (Å²) in [5, 5.41) is 5.43. The monoisotopic (exact) mass is 308 g/mol. The van der Waals surface area contributed by atoms with Gasteiger partial charge in [0.25, 0.3) is 0 Å². The third kappa shape index (κ3) is 4.46. The van der Waals surface area contributed by atoms with E-state index in [2.05, 4.69) is 10.6 Å². The van der Waals surface area contributed by atoms with Gasteiger partial charge in [0.1, 0.15) is 11.2 Å². The Morgan fingerprint density at radius 2 is 1.86 bits per heavy atom. The molecule has 1 rings (SSSR count). The van der Waals surface area contributed by atoms with Crippen LogP contribution < -0.4 is 15.4 Å². The normalized spacial score (nSPS) is 11.0. The lowest BCUT2D eigenvalue weighted by Gasteiger charge is -2.23. The fraction of sp³-hybridized carbons (Fsp3) is 0.500. The second-order valence-corrected chi connectivity index (χ2v) is 5.53. The molecule has 2 amide bonds. The van der Waals surface area contributed by atoms with Crippen molar-refractivity contribution >= 4 is 17.5 Å². The molecular weight excluding hydrogens is 284 g/mol. The van der Waals surface area contributed by atoms with Gasteiger partial charge in [-0.15, -0.1) is 0 Å². The van der Waals surface area contributed by atoms with Crippen molar-refractivity contribution in [1.29, 1.82) is 0 Å². The number of ether oxygens (including phenoxy) is 2. The maximum atomic E-state index is 12.4. The highest BCUT2D eigenvalue weighted by Gasteiger charge is 2.36. The second-order valence-electron chi connectivity index (χ2n) is 5.53. The van der Waals surface area contributed by atoms with Gasteiger partial charge in [0.15, 0.2) is 0 Å². The summed E-state index contributed by atoms with van der Waals surface area (Å²) >= 11 is 0. The molecule has 0 radical (unpaired) electrons. The molecule has 22 heavy (non-hydrogen) atoms. The summed E-state index contributed by atoms with van der Waals surface area (Å²) in [6.07, 6.45) is 0. The molecule has 0 spiro atoms. The highest BCUT2D eigenvalue weighted by atomic mass is 16.5. The van der Waals surface area contributed by atoms with E-state index in [1.165, 1.54) is 7.11 Å². The predicted octanol–water partition coefficient (Wildman–Crippen LogP) is 1.73. The lowest BCUT2D eigenvalue weighted by Crippen LogP contribution is -2.46. The number of hydrogen-bond acceptors (Lipinski definition) is 4. The van der Waals surface area contributed by atoms with Crippen LogP contribution in [0.3, 0.4) is 0 Å². The highest BCUT2D eigenvalue weighted by Crippen LogP contribution is 2.27. The van der Waals surface area contributed by atoms with Crippen molar-refractivity contribution in [3.8, 4) is 5.75 Å². The van der Waals surface area contributed by atoms with Crippen LogP contribution in [0.1, 0.15) is 19.4 Å². The van der Waals surface area contributed by atoms with Gasteiger partial charge in [0, 0.05) is 13.7 Å². The summed E-state index contributed by atoms with van der Waals surface area (Å²) in [5.41, 5.74) is 0.325. The number of amides is 2. The third-order valence-electron chi connectivity index (χ3n) is 3.33. The molecule has 0 aromatic heterocycles. The van der Waals surface area contributed by atoms with Crippen molar-refractivity contribution in [1.82, 2.24) is 5.32 Å². The first kappa shape index (κ1) is 18.0. The predicted molar refractivity (Wildman–Crippen MR) is 85.0 cm³/mol. The summed E-state index contributed by atoms with van der Waals surface area (Å²) in [4.78, 5) is 24.6. The SMILES string of the molecule is COCCNC(=O)C(C)(C)C(=O)Nc1cc(C)ccc1OC. The van der Waals surface area contributed by atoms with Crippen LogP contribution in [0.2, 0.25) is 0 Å². The van der Waals surface area contributed by atoms with E-state index < -0.39 is 11.3 Å². The smallest absolute Gasteiger partial charge is 0.239 e. The summed E-state index contributed by atoms with van der Waals surface area (Å²) in [7, 11) is 3.08. The standard InChI is InChI=1S/C16H24N2O4/c1-11-6-7-13(22-5)12(10-11)18-15(20)16(2,3)14(19)17-8-9-21-4/h6-7,10H,8-9H2,1-5H3,(H,17,19)(H,18,20). The van der Waals surface area contributed by atoms with Crippen molar-refractivity contribution in [2.24, 2.45) is 5.41 Å². The van der Waals surface area contributed by atoms with Crippen LogP contribution >= 0.6 is 0 Å². The van der Waals surface area contributed by atoms with Crippen LogP contribution in [-0.2, 0) is 14.3 Å². The Bertz CT molecular complexity index is 541. The topological polar surface area (TPSA) is 76.7 Å². The van der Waals surface area contributed by atoms with Gasteiger partial charge in [0.05, 0.1) is 19.4 Å². The van der Waals surface area contributed by atoms with Crippen molar-refractivity contribution < 1.29 is 19.1 Å². The van der Waals surface area contributed by atoms with Gasteiger partial charge >= 0.3 is 0 Å². The Morgan fingerprint density at radius 1 is 1.18 bits per heavy atom. The van der Waals surface area contributed by atoms with Crippen LogP contribution in [0, 0.1) is 12.3 Å². The Labute approximate surface area is 131 Å². The van der Waals surface area contributed by atoms with E-state index in [-0.39, 0.29) is 5.91 Å². The van der Waals surface area contributed by atoms with Crippen molar-refractivity contribution in [3.05, 3.63) is 23.8 Å². The minimum atomic E-state index is -1.21. The average molecular weight is 308 g/mol. The van der Waals surface area contributed by atoms with Gasteiger partial charge in [-0.05, 0) is 38.5 Å². The highest BCUT2D eigenvalue weighted by molar-refractivity contribution is 6.10. The first-order valence-corrected chi connectivity index (χ1v) is 7.06. The minimum Gasteiger partial charge on any atom is -0.495 e. The van der Waals surface area contributed by atoms with Gasteiger partial charge in [0.2, 0.25) is 11.8 Å².